The van der Waals surface area contributed by atoms with Crippen molar-refractivity contribution in [2.45, 2.75) is 31.2 Å². The highest BCUT2D eigenvalue weighted by Gasteiger charge is 2.22. The Bertz CT molecular complexity index is 666. The van der Waals surface area contributed by atoms with E-state index in [1.54, 1.807) is 24.3 Å². The van der Waals surface area contributed by atoms with Gasteiger partial charge in [0.2, 0.25) is 15.9 Å². The van der Waals surface area contributed by atoms with Crippen molar-refractivity contribution in [3.8, 4) is 0 Å². The highest BCUT2D eigenvalue weighted by atomic mass is 32.2. The summed E-state index contributed by atoms with van der Waals surface area (Å²) in [5.41, 5.74) is 6.69. The zero-order valence-corrected chi connectivity index (χ0v) is 15.8. The largest absolute Gasteiger partial charge is 0.340 e. The summed E-state index contributed by atoms with van der Waals surface area (Å²) in [5, 5.41) is 0. The van der Waals surface area contributed by atoms with E-state index in [0.29, 0.717) is 32.6 Å². The quantitative estimate of drug-likeness (QED) is 0.714. The molecule has 1 amide bonds. The summed E-state index contributed by atoms with van der Waals surface area (Å²) in [5.74, 6) is 0.0923. The number of carbonyl (C=O) groups is 1. The molecular formula is C17H28N4O3S. The van der Waals surface area contributed by atoms with Gasteiger partial charge in [0.15, 0.2) is 0 Å². The molecule has 0 saturated carbocycles. The van der Waals surface area contributed by atoms with E-state index in [4.69, 9.17) is 5.73 Å². The molecule has 1 heterocycles. The average Bonchev–Trinajstić information content (AvgIpc) is 2.55. The molecule has 140 valence electrons. The van der Waals surface area contributed by atoms with Gasteiger partial charge in [-0.15, -0.1) is 0 Å². The Morgan fingerprint density at radius 1 is 1.20 bits per heavy atom. The van der Waals surface area contributed by atoms with Crippen LogP contribution in [0, 0.1) is 6.92 Å². The van der Waals surface area contributed by atoms with E-state index in [2.05, 4.69) is 9.62 Å². The van der Waals surface area contributed by atoms with E-state index in [1.165, 1.54) is 0 Å². The first kappa shape index (κ1) is 19.8. The van der Waals surface area contributed by atoms with Gasteiger partial charge in [-0.1, -0.05) is 17.7 Å². The molecule has 0 aromatic heterocycles. The number of carbonyl (C=O) groups excluding carboxylic acids is 1. The minimum atomic E-state index is -3.47. The zero-order valence-electron chi connectivity index (χ0n) is 14.9. The van der Waals surface area contributed by atoms with Gasteiger partial charge in [0.25, 0.3) is 0 Å². The van der Waals surface area contributed by atoms with Gasteiger partial charge in [-0.2, -0.15) is 0 Å². The van der Waals surface area contributed by atoms with Crippen LogP contribution in [0.1, 0.15) is 18.9 Å². The summed E-state index contributed by atoms with van der Waals surface area (Å²) in [6, 6.07) is 6.67. The Morgan fingerprint density at radius 2 is 1.80 bits per heavy atom. The van der Waals surface area contributed by atoms with Crippen LogP contribution < -0.4 is 10.5 Å². The Balaban J connectivity index is 1.74. The van der Waals surface area contributed by atoms with E-state index in [9.17, 15) is 13.2 Å². The summed E-state index contributed by atoms with van der Waals surface area (Å²) >= 11 is 0. The summed E-state index contributed by atoms with van der Waals surface area (Å²) in [6.07, 6.45) is 0.371. The van der Waals surface area contributed by atoms with E-state index in [0.717, 1.165) is 18.7 Å². The lowest BCUT2D eigenvalue weighted by molar-refractivity contribution is -0.133. The first-order chi connectivity index (χ1) is 11.8. The van der Waals surface area contributed by atoms with Crippen LogP contribution in [0.4, 0.5) is 0 Å². The number of hydrogen-bond acceptors (Lipinski definition) is 5. The van der Waals surface area contributed by atoms with Crippen LogP contribution >= 0.6 is 0 Å². The highest BCUT2D eigenvalue weighted by Crippen LogP contribution is 2.10. The summed E-state index contributed by atoms with van der Waals surface area (Å²) in [4.78, 5) is 16.2. The Kier molecular flexibility index (Phi) is 6.95. The summed E-state index contributed by atoms with van der Waals surface area (Å²) in [6.45, 7) is 7.54. The summed E-state index contributed by atoms with van der Waals surface area (Å²) < 4.78 is 27.1. The Labute approximate surface area is 150 Å². The number of sulfonamides is 1. The van der Waals surface area contributed by atoms with E-state index in [-0.39, 0.29) is 16.8 Å². The number of nitrogens with one attached hydrogen (secondary N) is 1. The molecule has 1 unspecified atom stereocenters. The second kappa shape index (κ2) is 8.75. The number of piperazine rings is 1. The molecule has 1 saturated heterocycles. The van der Waals surface area contributed by atoms with Crippen LogP contribution in [0.2, 0.25) is 0 Å². The van der Waals surface area contributed by atoms with E-state index < -0.39 is 10.0 Å². The van der Waals surface area contributed by atoms with E-state index >= 15 is 0 Å². The fraction of sp³-hybridized carbons (Fsp3) is 0.588. The maximum atomic E-state index is 12.2. The fourth-order valence-electron chi connectivity index (χ4n) is 2.76. The molecule has 8 heteroatoms. The molecule has 0 bridgehead atoms. The predicted octanol–water partition coefficient (Wildman–Crippen LogP) is 0.155. The molecule has 1 aromatic rings. The van der Waals surface area contributed by atoms with Gasteiger partial charge >= 0.3 is 0 Å². The first-order valence-corrected chi connectivity index (χ1v) is 10.1. The normalized spacial score (nSPS) is 17.5. The van der Waals surface area contributed by atoms with Gasteiger partial charge < -0.3 is 10.6 Å². The maximum absolute atomic E-state index is 12.2. The van der Waals surface area contributed by atoms with Gasteiger partial charge in [0, 0.05) is 51.7 Å². The lowest BCUT2D eigenvalue weighted by Crippen LogP contribution is -2.50. The SMILES string of the molecule is Cc1ccc(S(=O)(=O)NCCN2CCN(C(=O)CC(C)N)CC2)cc1. The minimum Gasteiger partial charge on any atom is -0.340 e. The molecule has 0 spiro atoms. The van der Waals surface area contributed by atoms with Gasteiger partial charge in [-0.25, -0.2) is 13.1 Å². The van der Waals surface area contributed by atoms with Crippen LogP contribution in [-0.2, 0) is 14.8 Å². The molecule has 3 N–H and O–H groups in total. The maximum Gasteiger partial charge on any atom is 0.240 e. The topological polar surface area (TPSA) is 95.7 Å². The highest BCUT2D eigenvalue weighted by molar-refractivity contribution is 7.89. The fourth-order valence-corrected chi connectivity index (χ4v) is 3.79. The van der Waals surface area contributed by atoms with Crippen molar-refractivity contribution < 1.29 is 13.2 Å². The van der Waals surface area contributed by atoms with Gasteiger partial charge in [0.05, 0.1) is 4.90 Å². The van der Waals surface area contributed by atoms with Crippen molar-refractivity contribution in [1.82, 2.24) is 14.5 Å². The second-order valence-electron chi connectivity index (χ2n) is 6.61. The van der Waals surface area contributed by atoms with Crippen LogP contribution in [0.3, 0.4) is 0 Å². The lowest BCUT2D eigenvalue weighted by atomic mass is 10.2. The van der Waals surface area contributed by atoms with Crippen LogP contribution in [-0.4, -0.2) is 69.4 Å². The molecule has 2 rings (SSSR count). The number of benzene rings is 1. The standard InChI is InChI=1S/C17H28N4O3S/c1-14-3-5-16(6-4-14)25(23,24)19-7-8-20-9-11-21(12-10-20)17(22)13-15(2)18/h3-6,15,19H,7-13,18H2,1-2H3. The van der Waals surface area contributed by atoms with Crippen molar-refractivity contribution >= 4 is 15.9 Å². The van der Waals surface area contributed by atoms with Crippen molar-refractivity contribution in [1.29, 1.82) is 0 Å². The van der Waals surface area contributed by atoms with Crippen molar-refractivity contribution in [2.75, 3.05) is 39.3 Å². The lowest BCUT2D eigenvalue weighted by Gasteiger charge is -2.35. The van der Waals surface area contributed by atoms with Crippen molar-refractivity contribution in [3.63, 3.8) is 0 Å². The third kappa shape index (κ3) is 6.07. The monoisotopic (exact) mass is 368 g/mol. The molecule has 0 aliphatic carbocycles. The van der Waals surface area contributed by atoms with Crippen molar-refractivity contribution in [2.24, 2.45) is 5.73 Å². The summed E-state index contributed by atoms with van der Waals surface area (Å²) in [7, 11) is -3.47. The van der Waals surface area contributed by atoms with Crippen LogP contribution in [0.5, 0.6) is 0 Å². The Morgan fingerprint density at radius 3 is 2.36 bits per heavy atom. The average molecular weight is 369 g/mol. The number of rotatable bonds is 7. The van der Waals surface area contributed by atoms with Crippen LogP contribution in [0.25, 0.3) is 0 Å². The molecule has 7 nitrogen and oxygen atoms in total. The molecule has 0 radical (unpaired) electrons. The molecule has 1 fully saturated rings. The van der Waals surface area contributed by atoms with Crippen molar-refractivity contribution in [3.05, 3.63) is 29.8 Å². The minimum absolute atomic E-state index is 0.0923. The number of hydrogen-bond donors (Lipinski definition) is 2. The first-order valence-electron chi connectivity index (χ1n) is 8.60. The number of amides is 1. The third-order valence-corrected chi connectivity index (χ3v) is 5.75. The number of nitrogens with two attached hydrogens (primary N) is 1. The molecule has 1 aromatic carbocycles. The number of aryl methyl sites for hydroxylation is 1. The second-order valence-corrected chi connectivity index (χ2v) is 8.38. The smallest absolute Gasteiger partial charge is 0.240 e. The zero-order chi connectivity index (χ0) is 18.4. The molecule has 1 aliphatic rings. The predicted molar refractivity (Wildman–Crippen MR) is 97.7 cm³/mol. The molecule has 1 atom stereocenters. The number of nitrogens with zero attached hydrogens (tertiary/aromatic N) is 2. The third-order valence-electron chi connectivity index (χ3n) is 4.27. The van der Waals surface area contributed by atoms with Gasteiger partial charge in [-0.3, -0.25) is 9.69 Å². The van der Waals surface area contributed by atoms with Crippen LogP contribution in [0.15, 0.2) is 29.2 Å². The van der Waals surface area contributed by atoms with E-state index in [1.807, 2.05) is 18.7 Å². The molecule has 1 aliphatic heterocycles. The van der Waals surface area contributed by atoms with Gasteiger partial charge in [-0.05, 0) is 26.0 Å². The Hall–Kier alpha value is -1.48. The molecular weight excluding hydrogens is 340 g/mol. The van der Waals surface area contributed by atoms with Gasteiger partial charge in [0.1, 0.15) is 0 Å². The molecule has 25 heavy (non-hydrogen) atoms.